The first-order chi connectivity index (χ1) is 8.56. The summed E-state index contributed by atoms with van der Waals surface area (Å²) >= 11 is 0. The van der Waals surface area contributed by atoms with Gasteiger partial charge in [-0.05, 0) is 12.5 Å². The van der Waals surface area contributed by atoms with Crippen LogP contribution in [0.3, 0.4) is 0 Å². The monoisotopic (exact) mass is 246 g/mol. The maximum atomic E-state index is 10.9. The van der Waals surface area contributed by atoms with Crippen LogP contribution in [0.4, 0.5) is 0 Å². The lowest BCUT2D eigenvalue weighted by Crippen LogP contribution is -2.30. The summed E-state index contributed by atoms with van der Waals surface area (Å²) in [5.74, 6) is 0.583. The van der Waals surface area contributed by atoms with Crippen molar-refractivity contribution < 1.29 is 14.6 Å². The molecule has 0 bridgehead atoms. The number of aliphatic carboxylic acids is 1. The Morgan fingerprint density at radius 1 is 1.39 bits per heavy atom. The van der Waals surface area contributed by atoms with Crippen LogP contribution in [-0.4, -0.2) is 17.2 Å². The van der Waals surface area contributed by atoms with Crippen LogP contribution in [-0.2, 0) is 16.1 Å². The van der Waals surface area contributed by atoms with Gasteiger partial charge in [0.1, 0.15) is 0 Å². The van der Waals surface area contributed by atoms with E-state index in [-0.39, 0.29) is 6.10 Å². The van der Waals surface area contributed by atoms with Crippen molar-refractivity contribution in [1.29, 1.82) is 0 Å². The molecule has 0 spiro atoms. The van der Waals surface area contributed by atoms with Crippen LogP contribution >= 0.6 is 0 Å². The van der Waals surface area contributed by atoms with Crippen LogP contribution < -0.4 is 0 Å². The Labute approximate surface area is 108 Å². The highest BCUT2D eigenvalue weighted by atomic mass is 16.5. The van der Waals surface area contributed by atoms with Crippen molar-refractivity contribution in [2.75, 3.05) is 0 Å². The van der Waals surface area contributed by atoms with Crippen molar-refractivity contribution in [2.45, 2.75) is 26.6 Å². The third-order valence-corrected chi connectivity index (χ3v) is 2.98. The minimum Gasteiger partial charge on any atom is -0.481 e. The minimum absolute atomic E-state index is 0.290. The SMILES string of the molecule is C#CC(C(C)OCc1ccccc1)C(C)C(=O)O. The van der Waals surface area contributed by atoms with Gasteiger partial charge in [-0.3, -0.25) is 4.79 Å². The van der Waals surface area contributed by atoms with E-state index in [1.54, 1.807) is 6.92 Å². The van der Waals surface area contributed by atoms with Gasteiger partial charge in [0.05, 0.1) is 24.5 Å². The fraction of sp³-hybridized carbons (Fsp3) is 0.400. The number of carboxylic acid groups (broad SMARTS) is 1. The molecule has 1 rings (SSSR count). The van der Waals surface area contributed by atoms with Gasteiger partial charge >= 0.3 is 5.97 Å². The fourth-order valence-corrected chi connectivity index (χ4v) is 1.75. The fourth-order valence-electron chi connectivity index (χ4n) is 1.75. The van der Waals surface area contributed by atoms with Gasteiger partial charge in [-0.15, -0.1) is 6.42 Å². The van der Waals surface area contributed by atoms with Gasteiger partial charge in [0.2, 0.25) is 0 Å². The lowest BCUT2D eigenvalue weighted by atomic mass is 9.90. The van der Waals surface area contributed by atoms with E-state index in [2.05, 4.69) is 5.92 Å². The van der Waals surface area contributed by atoms with Crippen LogP contribution in [0.1, 0.15) is 19.4 Å². The smallest absolute Gasteiger partial charge is 0.307 e. The minimum atomic E-state index is -0.895. The van der Waals surface area contributed by atoms with Gasteiger partial charge in [-0.25, -0.2) is 0 Å². The Hall–Kier alpha value is -1.79. The predicted octanol–water partition coefficient (Wildman–Crippen LogP) is 2.56. The van der Waals surface area contributed by atoms with E-state index in [0.717, 1.165) is 5.56 Å². The summed E-state index contributed by atoms with van der Waals surface area (Å²) in [5.41, 5.74) is 1.04. The van der Waals surface area contributed by atoms with E-state index in [0.29, 0.717) is 6.61 Å². The van der Waals surface area contributed by atoms with E-state index in [1.165, 1.54) is 0 Å². The quantitative estimate of drug-likeness (QED) is 0.785. The van der Waals surface area contributed by atoms with Gasteiger partial charge in [-0.1, -0.05) is 43.2 Å². The zero-order valence-corrected chi connectivity index (χ0v) is 10.7. The van der Waals surface area contributed by atoms with Crippen LogP contribution in [0.25, 0.3) is 0 Å². The zero-order chi connectivity index (χ0) is 13.5. The molecule has 3 nitrogen and oxygen atoms in total. The first-order valence-corrected chi connectivity index (χ1v) is 5.90. The second-order valence-electron chi connectivity index (χ2n) is 4.32. The highest BCUT2D eigenvalue weighted by Crippen LogP contribution is 2.19. The molecule has 3 atom stereocenters. The van der Waals surface area contributed by atoms with Crippen LogP contribution in [0.15, 0.2) is 30.3 Å². The molecule has 0 aliphatic rings. The number of terminal acetylenes is 1. The van der Waals surface area contributed by atoms with E-state index >= 15 is 0 Å². The molecule has 0 fully saturated rings. The third kappa shape index (κ3) is 3.90. The Bertz CT molecular complexity index is 419. The summed E-state index contributed by atoms with van der Waals surface area (Å²) < 4.78 is 5.65. The highest BCUT2D eigenvalue weighted by Gasteiger charge is 2.27. The van der Waals surface area contributed by atoms with Gasteiger partial charge in [0.25, 0.3) is 0 Å². The molecular formula is C15H18O3. The Balaban J connectivity index is 2.56. The standard InChI is InChI=1S/C15H18O3/c1-4-14(11(2)15(16)17)12(3)18-10-13-8-6-5-7-9-13/h1,5-9,11-12,14H,10H2,2-3H3,(H,16,17). The van der Waals surface area contributed by atoms with Crippen LogP contribution in [0.2, 0.25) is 0 Å². The average molecular weight is 246 g/mol. The van der Waals surface area contributed by atoms with Crippen molar-refractivity contribution in [3.05, 3.63) is 35.9 Å². The Morgan fingerprint density at radius 2 is 2.00 bits per heavy atom. The maximum Gasteiger partial charge on any atom is 0.307 e. The van der Waals surface area contributed by atoms with Crippen molar-refractivity contribution in [2.24, 2.45) is 11.8 Å². The normalized spacial score (nSPS) is 15.4. The summed E-state index contributed by atoms with van der Waals surface area (Å²) in [4.78, 5) is 10.9. The number of carboxylic acids is 1. The summed E-state index contributed by atoms with van der Waals surface area (Å²) in [6.45, 7) is 3.86. The molecule has 1 aromatic carbocycles. The lowest BCUT2D eigenvalue weighted by Gasteiger charge is -2.22. The molecule has 0 aliphatic carbocycles. The van der Waals surface area contributed by atoms with Crippen molar-refractivity contribution >= 4 is 5.97 Å². The summed E-state index contributed by atoms with van der Waals surface area (Å²) in [6, 6.07) is 9.71. The van der Waals surface area contributed by atoms with Crippen molar-refractivity contribution in [3.8, 4) is 12.3 Å². The molecule has 3 heteroatoms. The Kier molecular flexibility index (Phi) is 5.41. The molecule has 0 aromatic heterocycles. The molecule has 3 unspecified atom stereocenters. The molecule has 0 radical (unpaired) electrons. The van der Waals surface area contributed by atoms with Crippen LogP contribution in [0, 0.1) is 24.2 Å². The number of benzene rings is 1. The molecule has 0 saturated heterocycles. The van der Waals surface area contributed by atoms with Gasteiger partial charge in [0.15, 0.2) is 0 Å². The maximum absolute atomic E-state index is 10.9. The van der Waals surface area contributed by atoms with Gasteiger partial charge in [0, 0.05) is 0 Å². The van der Waals surface area contributed by atoms with Crippen LogP contribution in [0.5, 0.6) is 0 Å². The van der Waals surface area contributed by atoms with E-state index < -0.39 is 17.8 Å². The molecule has 18 heavy (non-hydrogen) atoms. The second kappa shape index (κ2) is 6.83. The number of ether oxygens (including phenoxy) is 1. The van der Waals surface area contributed by atoms with Crippen molar-refractivity contribution in [1.82, 2.24) is 0 Å². The molecular weight excluding hydrogens is 228 g/mol. The second-order valence-corrected chi connectivity index (χ2v) is 4.32. The first kappa shape index (κ1) is 14.3. The Morgan fingerprint density at radius 3 is 2.50 bits per heavy atom. The number of carbonyl (C=O) groups is 1. The average Bonchev–Trinajstić information content (AvgIpc) is 2.38. The molecule has 1 aromatic rings. The van der Waals surface area contributed by atoms with Gasteiger partial charge in [-0.2, -0.15) is 0 Å². The highest BCUT2D eigenvalue weighted by molar-refractivity contribution is 5.70. The summed E-state index contributed by atoms with van der Waals surface area (Å²) in [7, 11) is 0. The largest absolute Gasteiger partial charge is 0.481 e. The van der Waals surface area contributed by atoms with E-state index in [9.17, 15) is 4.79 Å². The molecule has 1 N–H and O–H groups in total. The van der Waals surface area contributed by atoms with E-state index in [1.807, 2.05) is 37.3 Å². The zero-order valence-electron chi connectivity index (χ0n) is 10.7. The topological polar surface area (TPSA) is 46.5 Å². The summed E-state index contributed by atoms with van der Waals surface area (Å²) in [5, 5.41) is 8.97. The van der Waals surface area contributed by atoms with Gasteiger partial charge < -0.3 is 9.84 Å². The lowest BCUT2D eigenvalue weighted by molar-refractivity contribution is -0.144. The predicted molar refractivity (Wildman–Crippen MR) is 69.8 cm³/mol. The molecule has 0 aliphatic heterocycles. The molecule has 0 heterocycles. The van der Waals surface area contributed by atoms with E-state index in [4.69, 9.17) is 16.3 Å². The number of rotatable bonds is 6. The molecule has 96 valence electrons. The summed E-state index contributed by atoms with van der Waals surface area (Å²) in [6.07, 6.45) is 5.10. The third-order valence-electron chi connectivity index (χ3n) is 2.98. The number of hydrogen-bond acceptors (Lipinski definition) is 2. The first-order valence-electron chi connectivity index (χ1n) is 5.90. The molecule has 0 saturated carbocycles. The van der Waals surface area contributed by atoms with Crippen molar-refractivity contribution in [3.63, 3.8) is 0 Å². The molecule has 0 amide bonds. The number of hydrogen-bond donors (Lipinski definition) is 1.